The zero-order valence-corrected chi connectivity index (χ0v) is 16.9. The van der Waals surface area contributed by atoms with Crippen LogP contribution in [0.15, 0.2) is 0 Å². The molecule has 0 unspecified atom stereocenters. The van der Waals surface area contributed by atoms with Gasteiger partial charge >= 0.3 is 6.09 Å². The molecule has 0 aromatic heterocycles. The number of nitrogens with zero attached hydrogens (tertiary/aromatic N) is 2. The summed E-state index contributed by atoms with van der Waals surface area (Å²) in [5, 5.41) is 2.53. The molecule has 0 saturated heterocycles. The standard InChI is InChI=1S/C7H17N.C5H11NO2.C5H13N.CH4/c1-5-8(6-2)7(3)4;1-4(2)6-5(7)8-3;1-5(2)6(3)4;/h7H,5-6H2,1-4H3;4H,1-3H3,(H,6,7);5H,1-4H3;1H4. The molecule has 1 N–H and O–H groups in total. The predicted molar refractivity (Wildman–Crippen MR) is 104 cm³/mol. The molecule has 0 heterocycles. The highest BCUT2D eigenvalue weighted by Gasteiger charge is 2.00. The Balaban J connectivity index is -0.000000117. The van der Waals surface area contributed by atoms with Gasteiger partial charge in [0.2, 0.25) is 0 Å². The maximum atomic E-state index is 10.3. The minimum atomic E-state index is -0.375. The third-order valence-corrected chi connectivity index (χ3v) is 3.17. The number of hydrogen-bond donors (Lipinski definition) is 1. The minimum absolute atomic E-state index is 0. The van der Waals surface area contributed by atoms with Crippen LogP contribution >= 0.6 is 0 Å². The van der Waals surface area contributed by atoms with Crippen LogP contribution in [0.3, 0.4) is 0 Å². The molecule has 0 rings (SSSR count). The van der Waals surface area contributed by atoms with Gasteiger partial charge in [0, 0.05) is 18.1 Å². The predicted octanol–water partition coefficient (Wildman–Crippen LogP) is 4.08. The average Bonchev–Trinajstić information content (AvgIpc) is 2.40. The van der Waals surface area contributed by atoms with Crippen LogP contribution in [-0.2, 0) is 4.74 Å². The van der Waals surface area contributed by atoms with Crippen LogP contribution < -0.4 is 5.32 Å². The highest BCUT2D eigenvalue weighted by Crippen LogP contribution is 1.94. The third-order valence-electron chi connectivity index (χ3n) is 3.17. The molecular formula is C18H45N3O2. The van der Waals surface area contributed by atoms with Crippen molar-refractivity contribution >= 4 is 6.09 Å². The van der Waals surface area contributed by atoms with Gasteiger partial charge in [-0.25, -0.2) is 4.79 Å². The van der Waals surface area contributed by atoms with Crippen LogP contribution in [0.25, 0.3) is 0 Å². The van der Waals surface area contributed by atoms with E-state index in [2.05, 4.69) is 75.5 Å². The Morgan fingerprint density at radius 2 is 1.30 bits per heavy atom. The minimum Gasteiger partial charge on any atom is -0.453 e. The van der Waals surface area contributed by atoms with Crippen molar-refractivity contribution in [2.75, 3.05) is 34.3 Å². The van der Waals surface area contributed by atoms with E-state index in [4.69, 9.17) is 0 Å². The number of carbonyl (C=O) groups excluding carboxylic acids is 1. The fourth-order valence-electron chi connectivity index (χ4n) is 1.25. The van der Waals surface area contributed by atoms with E-state index in [0.717, 1.165) is 0 Å². The van der Waals surface area contributed by atoms with Crippen LogP contribution in [0.5, 0.6) is 0 Å². The fraction of sp³-hybridized carbons (Fsp3) is 0.944. The van der Waals surface area contributed by atoms with E-state index < -0.39 is 0 Å². The number of ether oxygens (including phenoxy) is 1. The summed E-state index contributed by atoms with van der Waals surface area (Å²) in [4.78, 5) is 14.9. The van der Waals surface area contributed by atoms with Gasteiger partial charge in [0.1, 0.15) is 0 Å². The number of rotatable bonds is 5. The number of amides is 1. The van der Waals surface area contributed by atoms with Crippen LogP contribution in [-0.4, -0.2) is 68.3 Å². The van der Waals surface area contributed by atoms with Crippen molar-refractivity contribution in [1.82, 2.24) is 15.1 Å². The van der Waals surface area contributed by atoms with Crippen molar-refractivity contribution in [1.29, 1.82) is 0 Å². The zero-order chi connectivity index (χ0) is 18.3. The van der Waals surface area contributed by atoms with E-state index in [-0.39, 0.29) is 19.6 Å². The summed E-state index contributed by atoms with van der Waals surface area (Å²) >= 11 is 0. The van der Waals surface area contributed by atoms with Gasteiger partial charge in [-0.1, -0.05) is 21.3 Å². The summed E-state index contributed by atoms with van der Waals surface area (Å²) < 4.78 is 4.31. The molecule has 1 amide bonds. The lowest BCUT2D eigenvalue weighted by atomic mass is 10.3. The Morgan fingerprint density at radius 1 is 0.957 bits per heavy atom. The van der Waals surface area contributed by atoms with Crippen LogP contribution in [0.1, 0.15) is 62.8 Å². The van der Waals surface area contributed by atoms with Gasteiger partial charge in [-0.05, 0) is 68.7 Å². The van der Waals surface area contributed by atoms with Crippen molar-refractivity contribution in [3.8, 4) is 0 Å². The topological polar surface area (TPSA) is 44.8 Å². The van der Waals surface area contributed by atoms with Crippen LogP contribution in [0.2, 0.25) is 0 Å². The molecule has 0 spiro atoms. The Morgan fingerprint density at radius 3 is 1.35 bits per heavy atom. The Kier molecular flexibility index (Phi) is 25.2. The van der Waals surface area contributed by atoms with E-state index in [1.165, 1.54) is 20.2 Å². The largest absolute Gasteiger partial charge is 0.453 e. The normalized spacial score (nSPS) is 9.91. The molecule has 0 radical (unpaired) electrons. The maximum Gasteiger partial charge on any atom is 0.407 e. The summed E-state index contributed by atoms with van der Waals surface area (Å²) in [6.45, 7) is 19.3. The number of hydrogen-bond acceptors (Lipinski definition) is 4. The Hall–Kier alpha value is -0.810. The molecule has 0 atom stereocenters. The molecule has 0 aromatic rings. The van der Waals surface area contributed by atoms with E-state index in [9.17, 15) is 4.79 Å². The number of carbonyl (C=O) groups is 1. The van der Waals surface area contributed by atoms with Gasteiger partial charge in [-0.3, -0.25) is 0 Å². The molecule has 0 aliphatic carbocycles. The van der Waals surface area contributed by atoms with E-state index in [0.29, 0.717) is 12.1 Å². The average molecular weight is 336 g/mol. The van der Waals surface area contributed by atoms with Gasteiger partial charge in [0.05, 0.1) is 7.11 Å². The molecule has 5 nitrogen and oxygen atoms in total. The number of methoxy groups -OCH3 is 1. The van der Waals surface area contributed by atoms with E-state index in [1.807, 2.05) is 13.8 Å². The second kappa shape index (κ2) is 19.2. The van der Waals surface area contributed by atoms with Crippen molar-refractivity contribution in [2.45, 2.75) is 80.9 Å². The summed E-state index contributed by atoms with van der Waals surface area (Å²) in [6, 6.07) is 1.55. The lowest BCUT2D eigenvalue weighted by Crippen LogP contribution is -2.29. The lowest BCUT2D eigenvalue weighted by molar-refractivity contribution is 0.168. The van der Waals surface area contributed by atoms with Gasteiger partial charge in [0.25, 0.3) is 0 Å². The highest BCUT2D eigenvalue weighted by molar-refractivity contribution is 5.67. The SMILES string of the molecule is C.CC(C)N(C)C.CCN(CC)C(C)C.COC(=O)NC(C)C. The summed E-state index contributed by atoms with van der Waals surface area (Å²) in [6.07, 6.45) is -0.375. The van der Waals surface area contributed by atoms with Crippen LogP contribution in [0, 0.1) is 0 Å². The molecule has 0 aliphatic heterocycles. The highest BCUT2D eigenvalue weighted by atomic mass is 16.5. The summed E-state index contributed by atoms with van der Waals surface area (Å²) in [7, 11) is 5.49. The van der Waals surface area contributed by atoms with E-state index in [1.54, 1.807) is 0 Å². The second-order valence-electron chi connectivity index (χ2n) is 6.16. The second-order valence-corrected chi connectivity index (χ2v) is 6.16. The van der Waals surface area contributed by atoms with E-state index >= 15 is 0 Å². The van der Waals surface area contributed by atoms with Crippen molar-refractivity contribution < 1.29 is 9.53 Å². The van der Waals surface area contributed by atoms with Crippen molar-refractivity contribution in [3.63, 3.8) is 0 Å². The quantitative estimate of drug-likeness (QED) is 0.822. The smallest absolute Gasteiger partial charge is 0.407 e. The molecular weight excluding hydrogens is 290 g/mol. The first-order chi connectivity index (χ1) is 10.0. The number of nitrogens with one attached hydrogen (secondary N) is 1. The first-order valence-corrected chi connectivity index (χ1v) is 8.28. The summed E-state index contributed by atoms with van der Waals surface area (Å²) in [5.74, 6) is 0. The maximum absolute atomic E-state index is 10.3. The van der Waals surface area contributed by atoms with Gasteiger partial charge in [0.15, 0.2) is 0 Å². The number of alkyl carbamates (subject to hydrolysis) is 1. The molecule has 5 heteroatoms. The molecule has 0 aliphatic rings. The monoisotopic (exact) mass is 335 g/mol. The van der Waals surface area contributed by atoms with Gasteiger partial charge < -0.3 is 19.9 Å². The zero-order valence-electron chi connectivity index (χ0n) is 16.9. The molecule has 144 valence electrons. The van der Waals surface area contributed by atoms with Gasteiger partial charge in [-0.15, -0.1) is 0 Å². The molecule has 0 fully saturated rings. The Bertz CT molecular complexity index is 232. The molecule has 0 aromatic carbocycles. The molecule has 0 saturated carbocycles. The first kappa shape index (κ1) is 30.1. The summed E-state index contributed by atoms with van der Waals surface area (Å²) in [5.41, 5.74) is 0. The molecule has 0 bridgehead atoms. The molecule has 23 heavy (non-hydrogen) atoms. The first-order valence-electron chi connectivity index (χ1n) is 8.28. The van der Waals surface area contributed by atoms with Crippen LogP contribution in [0.4, 0.5) is 4.79 Å². The van der Waals surface area contributed by atoms with Crippen molar-refractivity contribution in [3.05, 3.63) is 0 Å². The van der Waals surface area contributed by atoms with Gasteiger partial charge in [-0.2, -0.15) is 0 Å². The fourth-order valence-corrected chi connectivity index (χ4v) is 1.25. The van der Waals surface area contributed by atoms with Crippen molar-refractivity contribution in [2.24, 2.45) is 0 Å². The third kappa shape index (κ3) is 26.4. The Labute approximate surface area is 146 Å². The lowest BCUT2D eigenvalue weighted by Gasteiger charge is -2.21.